The Morgan fingerprint density at radius 3 is 2.36 bits per heavy atom. The first-order valence-electron chi connectivity index (χ1n) is 10.6. The topological polar surface area (TPSA) is 187 Å². The predicted octanol–water partition coefficient (Wildman–Crippen LogP) is -3.03. The molecular formula is C21H31NO11. The summed E-state index contributed by atoms with van der Waals surface area (Å²) in [4.78, 5) is 11.8. The molecule has 2 fully saturated rings. The first-order valence-corrected chi connectivity index (χ1v) is 10.6. The third kappa shape index (κ3) is 6.05. The van der Waals surface area contributed by atoms with E-state index in [9.17, 15) is 30.3 Å². The van der Waals surface area contributed by atoms with Gasteiger partial charge in [0, 0.05) is 6.92 Å². The van der Waals surface area contributed by atoms with Gasteiger partial charge < -0.3 is 54.9 Å². The standard InChI is InChI=1S/C21H31NO11/c1-10(25)22-14-15(27)19(33-21-17(29)16(28)18(32-21)12(26)7-23)13(8-24)31-20(14)30-9-11-5-3-2-4-6-11/h2-6,12-21,23-24,26-29H,7-9H2,1H3,(H,22,25)/t12?,13-,14-,15-,16-,17-,18+,19-,20+,21+/m1/s1. The summed E-state index contributed by atoms with van der Waals surface area (Å²) < 4.78 is 22.5. The van der Waals surface area contributed by atoms with Crippen LogP contribution >= 0.6 is 0 Å². The number of ether oxygens (including phenoxy) is 4. The number of carbonyl (C=O) groups excluding carboxylic acids is 1. The highest BCUT2D eigenvalue weighted by Gasteiger charge is 2.52. The number of nitrogens with one attached hydrogen (secondary N) is 1. The van der Waals surface area contributed by atoms with Gasteiger partial charge in [-0.3, -0.25) is 4.79 Å². The van der Waals surface area contributed by atoms with Gasteiger partial charge in [-0.1, -0.05) is 30.3 Å². The number of benzene rings is 1. The van der Waals surface area contributed by atoms with E-state index in [0.29, 0.717) is 0 Å². The lowest BCUT2D eigenvalue weighted by atomic mass is 9.96. The predicted molar refractivity (Wildman–Crippen MR) is 109 cm³/mol. The van der Waals surface area contributed by atoms with Crippen LogP contribution in [0, 0.1) is 0 Å². The van der Waals surface area contributed by atoms with Crippen molar-refractivity contribution in [1.82, 2.24) is 5.32 Å². The Kier molecular flexibility index (Phi) is 9.12. The van der Waals surface area contributed by atoms with Crippen LogP contribution in [0.25, 0.3) is 0 Å². The number of carbonyl (C=O) groups is 1. The lowest BCUT2D eigenvalue weighted by Crippen LogP contribution is -2.65. The van der Waals surface area contributed by atoms with Gasteiger partial charge in [0.1, 0.15) is 48.8 Å². The van der Waals surface area contributed by atoms with E-state index in [0.717, 1.165) is 5.56 Å². The van der Waals surface area contributed by atoms with E-state index in [2.05, 4.69) is 5.32 Å². The highest BCUT2D eigenvalue weighted by Crippen LogP contribution is 2.31. The molecule has 2 aliphatic heterocycles. The van der Waals surface area contributed by atoms with Crippen molar-refractivity contribution >= 4 is 5.91 Å². The summed E-state index contributed by atoms with van der Waals surface area (Å²) in [6, 6.07) is 8.04. The van der Waals surface area contributed by atoms with Crippen molar-refractivity contribution in [3.8, 4) is 0 Å². The van der Waals surface area contributed by atoms with E-state index in [1.165, 1.54) is 6.92 Å². The van der Waals surface area contributed by atoms with E-state index >= 15 is 0 Å². The minimum absolute atomic E-state index is 0.107. The number of hydrogen-bond donors (Lipinski definition) is 7. The summed E-state index contributed by atoms with van der Waals surface area (Å²) in [5, 5.41) is 62.6. The van der Waals surface area contributed by atoms with Crippen molar-refractivity contribution in [2.45, 2.75) is 74.9 Å². The largest absolute Gasteiger partial charge is 0.394 e. The fourth-order valence-electron chi connectivity index (χ4n) is 3.88. The Labute approximate surface area is 190 Å². The summed E-state index contributed by atoms with van der Waals surface area (Å²) >= 11 is 0. The number of aliphatic hydroxyl groups excluding tert-OH is 6. The van der Waals surface area contributed by atoms with Gasteiger partial charge in [-0.15, -0.1) is 0 Å². The number of amides is 1. The van der Waals surface area contributed by atoms with Crippen LogP contribution in [-0.4, -0.2) is 111 Å². The second-order valence-electron chi connectivity index (χ2n) is 8.04. The van der Waals surface area contributed by atoms with Crippen molar-refractivity contribution in [3.05, 3.63) is 35.9 Å². The second-order valence-corrected chi connectivity index (χ2v) is 8.04. The van der Waals surface area contributed by atoms with Gasteiger partial charge >= 0.3 is 0 Å². The fourth-order valence-corrected chi connectivity index (χ4v) is 3.88. The van der Waals surface area contributed by atoms with Gasteiger partial charge in [0.05, 0.1) is 19.8 Å². The van der Waals surface area contributed by atoms with Crippen LogP contribution in [0.3, 0.4) is 0 Å². The van der Waals surface area contributed by atoms with Crippen molar-refractivity contribution in [1.29, 1.82) is 0 Å². The van der Waals surface area contributed by atoms with Gasteiger partial charge in [0.15, 0.2) is 12.6 Å². The molecule has 0 bridgehead atoms. The molecule has 12 nitrogen and oxygen atoms in total. The van der Waals surface area contributed by atoms with Crippen molar-refractivity contribution in [3.63, 3.8) is 0 Å². The smallest absolute Gasteiger partial charge is 0.217 e. The fraction of sp³-hybridized carbons (Fsp3) is 0.667. The molecule has 1 aromatic rings. The van der Waals surface area contributed by atoms with Crippen molar-refractivity contribution < 1.29 is 54.4 Å². The van der Waals surface area contributed by atoms with Gasteiger partial charge in [-0.05, 0) is 5.56 Å². The highest BCUT2D eigenvalue weighted by molar-refractivity contribution is 5.73. The van der Waals surface area contributed by atoms with E-state index in [1.54, 1.807) is 0 Å². The molecule has 3 rings (SSSR count). The molecule has 186 valence electrons. The van der Waals surface area contributed by atoms with Crippen molar-refractivity contribution in [2.75, 3.05) is 13.2 Å². The molecule has 1 aromatic carbocycles. The first-order chi connectivity index (χ1) is 15.8. The molecule has 0 aromatic heterocycles. The van der Waals surface area contributed by atoms with Crippen LogP contribution in [-0.2, 0) is 30.3 Å². The summed E-state index contributed by atoms with van der Waals surface area (Å²) in [6.07, 6.45) is -12.6. The van der Waals surface area contributed by atoms with Gasteiger partial charge in [0.2, 0.25) is 5.91 Å². The van der Waals surface area contributed by atoms with Gasteiger partial charge in [-0.25, -0.2) is 0 Å². The van der Waals surface area contributed by atoms with Gasteiger partial charge in [-0.2, -0.15) is 0 Å². The molecule has 1 unspecified atom stereocenters. The molecule has 12 heteroatoms. The molecule has 7 N–H and O–H groups in total. The lowest BCUT2D eigenvalue weighted by molar-refractivity contribution is -0.310. The SMILES string of the molecule is CC(=O)N[C@H]1[C@@H](OCc2ccccc2)O[C@H](CO)[C@@H](O[C@@H]2O[C@@H](C(O)CO)[C@H](O)[C@H]2O)[C@@H]1O. The molecule has 0 aliphatic carbocycles. The summed E-state index contributed by atoms with van der Waals surface area (Å²) in [5.74, 6) is -0.476. The van der Waals surface area contributed by atoms with E-state index in [1.807, 2.05) is 30.3 Å². The minimum atomic E-state index is -1.62. The maximum absolute atomic E-state index is 11.8. The van der Waals surface area contributed by atoms with E-state index < -0.39 is 80.5 Å². The lowest BCUT2D eigenvalue weighted by Gasteiger charge is -2.44. The molecule has 0 radical (unpaired) electrons. The van der Waals surface area contributed by atoms with Crippen LogP contribution in [0.1, 0.15) is 12.5 Å². The molecule has 2 aliphatic rings. The number of rotatable bonds is 9. The van der Waals surface area contributed by atoms with E-state index in [4.69, 9.17) is 24.1 Å². The zero-order valence-electron chi connectivity index (χ0n) is 18.0. The quantitative estimate of drug-likeness (QED) is 0.193. The third-order valence-electron chi connectivity index (χ3n) is 5.59. The Hall–Kier alpha value is -1.71. The van der Waals surface area contributed by atoms with Crippen LogP contribution < -0.4 is 5.32 Å². The molecule has 0 spiro atoms. The minimum Gasteiger partial charge on any atom is -0.394 e. The van der Waals surface area contributed by atoms with E-state index in [-0.39, 0.29) is 6.61 Å². The van der Waals surface area contributed by atoms with Crippen LogP contribution in [0.2, 0.25) is 0 Å². The zero-order valence-corrected chi connectivity index (χ0v) is 18.0. The molecule has 2 heterocycles. The maximum Gasteiger partial charge on any atom is 0.217 e. The molecular weight excluding hydrogens is 442 g/mol. The van der Waals surface area contributed by atoms with Crippen LogP contribution in [0.5, 0.6) is 0 Å². The monoisotopic (exact) mass is 473 g/mol. The van der Waals surface area contributed by atoms with Crippen LogP contribution in [0.15, 0.2) is 30.3 Å². The average molecular weight is 473 g/mol. The zero-order chi connectivity index (χ0) is 24.1. The summed E-state index contributed by atoms with van der Waals surface area (Å²) in [7, 11) is 0. The van der Waals surface area contributed by atoms with Crippen LogP contribution in [0.4, 0.5) is 0 Å². The third-order valence-corrected chi connectivity index (χ3v) is 5.59. The Bertz CT molecular complexity index is 753. The molecule has 33 heavy (non-hydrogen) atoms. The normalized spacial score (nSPS) is 37.6. The highest BCUT2D eigenvalue weighted by atomic mass is 16.7. The number of aliphatic hydroxyl groups is 6. The number of hydrogen-bond acceptors (Lipinski definition) is 11. The molecule has 0 saturated carbocycles. The Balaban J connectivity index is 1.74. The Morgan fingerprint density at radius 2 is 1.76 bits per heavy atom. The average Bonchev–Trinajstić information content (AvgIpc) is 3.09. The molecule has 10 atom stereocenters. The second kappa shape index (κ2) is 11.6. The molecule has 1 amide bonds. The maximum atomic E-state index is 11.8. The molecule has 2 saturated heterocycles. The Morgan fingerprint density at radius 1 is 1.06 bits per heavy atom. The van der Waals surface area contributed by atoms with Gasteiger partial charge in [0.25, 0.3) is 0 Å². The summed E-state index contributed by atoms with van der Waals surface area (Å²) in [6.45, 7) is 0.0276. The first kappa shape index (κ1) is 25.9. The summed E-state index contributed by atoms with van der Waals surface area (Å²) in [5.41, 5.74) is 0.820. The van der Waals surface area contributed by atoms with Crippen molar-refractivity contribution in [2.24, 2.45) is 0 Å².